The summed E-state index contributed by atoms with van der Waals surface area (Å²) in [6, 6.07) is -0.0218. The van der Waals surface area contributed by atoms with Gasteiger partial charge in [-0.1, -0.05) is 48.1 Å². The molecule has 0 spiro atoms. The van der Waals surface area contributed by atoms with Crippen LogP contribution in [-0.2, 0) is 27.5 Å². The third-order valence-corrected chi connectivity index (χ3v) is 17.7. The molecule has 1 heterocycles. The number of hydrogen-bond acceptors (Lipinski definition) is 9. The van der Waals surface area contributed by atoms with E-state index in [9.17, 15) is 19.2 Å². The van der Waals surface area contributed by atoms with Crippen LogP contribution in [0.15, 0.2) is 27.9 Å². The highest BCUT2D eigenvalue weighted by molar-refractivity contribution is 7.44. The number of aromatic nitrogens is 2. The van der Waals surface area contributed by atoms with E-state index < -0.39 is 33.9 Å². The van der Waals surface area contributed by atoms with Gasteiger partial charge in [-0.25, -0.2) is 16.0 Å². The second-order valence-electron chi connectivity index (χ2n) is 16.6. The minimum atomic E-state index is -3.03. The monoisotopic (exact) mass is 836 g/mol. The lowest BCUT2D eigenvalue weighted by molar-refractivity contribution is -0.122. The van der Waals surface area contributed by atoms with Crippen molar-refractivity contribution in [2.75, 3.05) is 32.8 Å². The summed E-state index contributed by atoms with van der Waals surface area (Å²) >= 11 is 0. The number of carbonyl (C=O) groups is 2. The van der Waals surface area contributed by atoms with Crippen molar-refractivity contribution in [1.29, 1.82) is 0 Å². The Hall–Kier alpha value is -2.70. The Morgan fingerprint density at radius 2 is 1.68 bits per heavy atom. The third-order valence-electron chi connectivity index (χ3n) is 11.0. The van der Waals surface area contributed by atoms with Crippen LogP contribution in [0.4, 0.5) is 0 Å². The Morgan fingerprint density at radius 3 is 2.23 bits per heavy atom. The number of carbonyl (C=O) groups excluding carboxylic acids is 2. The van der Waals surface area contributed by atoms with Gasteiger partial charge < -0.3 is 33.4 Å². The number of aromatic amines is 1. The van der Waals surface area contributed by atoms with E-state index in [1.54, 1.807) is 24.6 Å². The molecule has 1 aliphatic carbocycles. The molecule has 16 heteroatoms. The summed E-state index contributed by atoms with van der Waals surface area (Å²) in [4.78, 5) is 56.2. The van der Waals surface area contributed by atoms with Gasteiger partial charge in [-0.05, 0) is 91.1 Å². The van der Waals surface area contributed by atoms with Crippen LogP contribution in [0.25, 0.3) is 4.85 Å². The van der Waals surface area contributed by atoms with Gasteiger partial charge in [-0.3, -0.25) is 23.9 Å². The van der Waals surface area contributed by atoms with Crippen LogP contribution in [0.1, 0.15) is 133 Å². The maximum Gasteiger partial charge on any atom is 0.343 e. The lowest BCUT2D eigenvalue weighted by atomic mass is 9.92. The molecule has 0 aliphatic heterocycles. The average Bonchev–Trinajstić information content (AvgIpc) is 3.54. The first kappa shape index (κ1) is 50.4. The summed E-state index contributed by atoms with van der Waals surface area (Å²) in [5, 5.41) is 5.78. The third kappa shape index (κ3) is 14.5. The molecular weight excluding hydrogens is 764 g/mol. The quantitative estimate of drug-likeness (QED) is 0.0287. The van der Waals surface area contributed by atoms with Crippen molar-refractivity contribution in [3.05, 3.63) is 56.2 Å². The van der Waals surface area contributed by atoms with Crippen molar-refractivity contribution >= 4 is 28.9 Å². The van der Waals surface area contributed by atoms with E-state index in [0.717, 1.165) is 0 Å². The zero-order valence-corrected chi connectivity index (χ0v) is 38.8. The van der Waals surface area contributed by atoms with Crippen LogP contribution in [0.5, 0.6) is 0 Å². The minimum Gasteiger partial charge on any atom is -0.394 e. The molecule has 57 heavy (non-hydrogen) atoms. The number of aryl methyl sites for hydroxylation is 1. The number of nitrogens with zero attached hydrogens (tertiary/aromatic N) is 3. The Kier molecular flexibility index (Phi) is 21.0. The molecule has 324 valence electrons. The van der Waals surface area contributed by atoms with Crippen molar-refractivity contribution < 1.29 is 27.5 Å². The van der Waals surface area contributed by atoms with E-state index in [4.69, 9.17) is 24.5 Å². The molecular formula is C41H73N6O8PSi. The molecule has 1 fully saturated rings. The van der Waals surface area contributed by atoms with Crippen LogP contribution in [0.2, 0.25) is 11.1 Å². The summed E-state index contributed by atoms with van der Waals surface area (Å²) < 4.78 is 31.7. The van der Waals surface area contributed by atoms with Crippen molar-refractivity contribution in [3.8, 4) is 0 Å². The number of nitrogens with one attached hydrogen (secondary N) is 3. The topological polar surface area (TPSA) is 158 Å². The van der Waals surface area contributed by atoms with Gasteiger partial charge in [-0.15, -0.1) is 0 Å². The Balaban J connectivity index is 2.41. The summed E-state index contributed by atoms with van der Waals surface area (Å²) in [7, 11) is -4.59. The summed E-state index contributed by atoms with van der Waals surface area (Å²) in [5.41, 5.74) is -0.380. The van der Waals surface area contributed by atoms with Crippen LogP contribution in [0, 0.1) is 19.4 Å². The van der Waals surface area contributed by atoms with E-state index in [1.807, 2.05) is 0 Å². The molecule has 1 aliphatic rings. The van der Waals surface area contributed by atoms with Crippen LogP contribution in [0.3, 0.4) is 0 Å². The predicted octanol–water partition coefficient (Wildman–Crippen LogP) is 7.30. The van der Waals surface area contributed by atoms with Crippen molar-refractivity contribution in [1.82, 2.24) is 24.9 Å². The maximum atomic E-state index is 13.2. The largest absolute Gasteiger partial charge is 0.394 e. The first-order chi connectivity index (χ1) is 26.8. The van der Waals surface area contributed by atoms with E-state index in [2.05, 4.69) is 101 Å². The Morgan fingerprint density at radius 1 is 1.07 bits per heavy atom. The van der Waals surface area contributed by atoms with E-state index in [1.165, 1.54) is 0 Å². The van der Waals surface area contributed by atoms with Crippen LogP contribution in [-0.4, -0.2) is 91.2 Å². The maximum absolute atomic E-state index is 13.2. The standard InChI is InChI=1S/C41H73N6O8PSi/c1-15-41(16-2,19-18-37(48)43-20-17-21-44-38(49)28(3)4)55-57(31(9)10,32(11)12)53-27-34-24-35(46-26-33(13)39(50)45-40(46)51)25-36(34)54-56(52-23-22-42-14)47(29(5)6)30(7)8/h26,29-32,34-36H,3,15-25,27H2,1-2,4-13H3,(H,43,48)(H,44,49)(H,45,50,51)/t34-,35-,36?,56?/m1/s1. The summed E-state index contributed by atoms with van der Waals surface area (Å²) in [5.74, 6) is -0.387. The van der Waals surface area contributed by atoms with Gasteiger partial charge in [0.15, 0.2) is 0 Å². The molecule has 1 aromatic rings. The highest BCUT2D eigenvalue weighted by Crippen LogP contribution is 2.52. The van der Waals surface area contributed by atoms with E-state index in [0.29, 0.717) is 75.8 Å². The highest BCUT2D eigenvalue weighted by atomic mass is 31.2. The van der Waals surface area contributed by atoms with Gasteiger partial charge in [0.25, 0.3) is 14.1 Å². The molecule has 4 atom stereocenters. The van der Waals surface area contributed by atoms with E-state index >= 15 is 0 Å². The molecule has 0 saturated heterocycles. The van der Waals surface area contributed by atoms with Gasteiger partial charge in [0.1, 0.15) is 6.61 Å². The number of rotatable bonds is 26. The van der Waals surface area contributed by atoms with Gasteiger partial charge in [0, 0.05) is 67.5 Å². The first-order valence-corrected chi connectivity index (χ1v) is 24.0. The number of amides is 2. The van der Waals surface area contributed by atoms with Gasteiger partial charge in [-0.2, -0.15) is 0 Å². The minimum absolute atomic E-state index is 0.0601. The molecule has 0 radical (unpaired) electrons. The average molecular weight is 837 g/mol. The van der Waals surface area contributed by atoms with Crippen LogP contribution < -0.4 is 21.9 Å². The predicted molar refractivity (Wildman–Crippen MR) is 230 cm³/mol. The first-order valence-electron chi connectivity index (χ1n) is 20.9. The fourth-order valence-electron chi connectivity index (χ4n) is 7.59. The zero-order valence-electron chi connectivity index (χ0n) is 36.9. The van der Waals surface area contributed by atoms with Crippen molar-refractivity contribution in [2.45, 2.75) is 169 Å². The molecule has 1 saturated carbocycles. The number of hydrogen-bond donors (Lipinski definition) is 3. The molecule has 2 amide bonds. The molecule has 2 unspecified atom stereocenters. The zero-order chi connectivity index (χ0) is 43.1. The summed E-state index contributed by atoms with van der Waals surface area (Å²) in [6.45, 7) is 37.3. The van der Waals surface area contributed by atoms with Gasteiger partial charge in [0.05, 0.1) is 11.7 Å². The Labute approximate surface area is 344 Å². The van der Waals surface area contributed by atoms with Crippen molar-refractivity contribution in [2.24, 2.45) is 5.92 Å². The molecule has 1 aromatic heterocycles. The van der Waals surface area contributed by atoms with E-state index in [-0.39, 0.29) is 66.2 Å². The van der Waals surface area contributed by atoms with Crippen molar-refractivity contribution in [3.63, 3.8) is 0 Å². The SMILES string of the molecule is [C-]#[N+]CCOP(OC1C[C@H](n2cc(C)c(=O)[nH]c2=O)C[C@@H]1CO[Si](OC(CC)(CC)CCC(=O)NCCCNC(=O)C(=C)C)(C(C)C)C(C)C)N(C(C)C)C(C)C. The van der Waals surface area contributed by atoms with Gasteiger partial charge in [0.2, 0.25) is 18.4 Å². The Bertz CT molecular complexity index is 1590. The fraction of sp³-hybridized carbons (Fsp3) is 0.780. The van der Waals surface area contributed by atoms with Crippen LogP contribution >= 0.6 is 8.53 Å². The smallest absolute Gasteiger partial charge is 0.343 e. The normalized spacial score (nSPS) is 18.1. The summed E-state index contributed by atoms with van der Waals surface area (Å²) in [6.07, 6.45) is 5.24. The molecule has 3 N–H and O–H groups in total. The molecule has 0 aromatic carbocycles. The van der Waals surface area contributed by atoms with Gasteiger partial charge >= 0.3 is 14.3 Å². The molecule has 0 bridgehead atoms. The second kappa shape index (κ2) is 23.8. The fourth-order valence-corrected chi connectivity index (χ4v) is 13.4. The molecule has 2 rings (SSSR count). The number of H-pyrrole nitrogens is 1. The second-order valence-corrected chi connectivity index (χ2v) is 22.3. The highest BCUT2D eigenvalue weighted by Gasteiger charge is 2.51. The lowest BCUT2D eigenvalue weighted by Gasteiger charge is -2.46. The lowest BCUT2D eigenvalue weighted by Crippen LogP contribution is -2.55. The molecule has 14 nitrogen and oxygen atoms in total.